The van der Waals surface area contributed by atoms with Crippen LogP contribution in [0.5, 0.6) is 5.75 Å². The van der Waals surface area contributed by atoms with Gasteiger partial charge in [0, 0.05) is 23.8 Å². The van der Waals surface area contributed by atoms with Crippen molar-refractivity contribution in [1.29, 1.82) is 0 Å². The maximum absolute atomic E-state index is 6.05. The molecule has 0 bridgehead atoms. The largest absolute Gasteiger partial charge is 0.487 e. The van der Waals surface area contributed by atoms with Gasteiger partial charge in [0.2, 0.25) is 0 Å². The fourth-order valence-electron chi connectivity index (χ4n) is 1.66. The SMILES string of the molecule is CCCNc1cc(COc2cc(Cl)ccc2Cl)ccn1. The zero-order valence-corrected chi connectivity index (χ0v) is 12.7. The summed E-state index contributed by atoms with van der Waals surface area (Å²) in [4.78, 5) is 4.25. The number of benzene rings is 1. The Labute approximate surface area is 128 Å². The molecule has 5 heteroatoms. The van der Waals surface area contributed by atoms with Crippen LogP contribution in [0.3, 0.4) is 0 Å². The second-order valence-electron chi connectivity index (χ2n) is 4.34. The lowest BCUT2D eigenvalue weighted by Gasteiger charge is -2.10. The number of anilines is 1. The van der Waals surface area contributed by atoms with Crippen molar-refractivity contribution in [3.05, 3.63) is 52.1 Å². The van der Waals surface area contributed by atoms with E-state index in [1.807, 2.05) is 12.1 Å². The van der Waals surface area contributed by atoms with Crippen molar-refractivity contribution in [2.75, 3.05) is 11.9 Å². The molecule has 1 N–H and O–H groups in total. The zero-order chi connectivity index (χ0) is 14.4. The van der Waals surface area contributed by atoms with Crippen molar-refractivity contribution < 1.29 is 4.74 Å². The Kier molecular flexibility index (Phi) is 5.50. The molecular formula is C15H16Cl2N2O. The Morgan fingerprint density at radius 3 is 2.85 bits per heavy atom. The summed E-state index contributed by atoms with van der Waals surface area (Å²) in [6, 6.07) is 9.04. The molecule has 0 saturated carbocycles. The number of aromatic nitrogens is 1. The maximum Gasteiger partial charge on any atom is 0.139 e. The molecule has 2 rings (SSSR count). The number of pyridine rings is 1. The van der Waals surface area contributed by atoms with Crippen LogP contribution in [0.15, 0.2) is 36.5 Å². The van der Waals surface area contributed by atoms with Crippen LogP contribution in [0.4, 0.5) is 5.82 Å². The third-order valence-electron chi connectivity index (χ3n) is 2.67. The van der Waals surface area contributed by atoms with Gasteiger partial charge in [0.15, 0.2) is 0 Å². The van der Waals surface area contributed by atoms with Crippen LogP contribution in [0.1, 0.15) is 18.9 Å². The average molecular weight is 311 g/mol. The van der Waals surface area contributed by atoms with Crippen molar-refractivity contribution in [2.24, 2.45) is 0 Å². The first kappa shape index (κ1) is 14.9. The van der Waals surface area contributed by atoms with Crippen molar-refractivity contribution in [1.82, 2.24) is 4.98 Å². The summed E-state index contributed by atoms with van der Waals surface area (Å²) in [7, 11) is 0. The highest BCUT2D eigenvalue weighted by atomic mass is 35.5. The second-order valence-corrected chi connectivity index (χ2v) is 5.18. The molecule has 20 heavy (non-hydrogen) atoms. The van der Waals surface area contributed by atoms with E-state index in [0.717, 1.165) is 24.3 Å². The van der Waals surface area contributed by atoms with E-state index in [4.69, 9.17) is 27.9 Å². The molecule has 2 aromatic rings. The van der Waals surface area contributed by atoms with E-state index in [2.05, 4.69) is 17.2 Å². The molecule has 1 heterocycles. The number of nitrogens with zero attached hydrogens (tertiary/aromatic N) is 1. The summed E-state index contributed by atoms with van der Waals surface area (Å²) < 4.78 is 5.69. The van der Waals surface area contributed by atoms with Gasteiger partial charge in [-0.15, -0.1) is 0 Å². The Balaban J connectivity index is 2.01. The van der Waals surface area contributed by atoms with Crippen LogP contribution in [0.2, 0.25) is 10.0 Å². The molecule has 0 atom stereocenters. The number of nitrogens with one attached hydrogen (secondary N) is 1. The lowest BCUT2D eigenvalue weighted by Crippen LogP contribution is -2.03. The van der Waals surface area contributed by atoms with E-state index < -0.39 is 0 Å². The quantitative estimate of drug-likeness (QED) is 0.833. The zero-order valence-electron chi connectivity index (χ0n) is 11.2. The van der Waals surface area contributed by atoms with Gasteiger partial charge in [-0.2, -0.15) is 0 Å². The Morgan fingerprint density at radius 1 is 1.20 bits per heavy atom. The molecule has 1 aromatic carbocycles. The molecule has 0 amide bonds. The van der Waals surface area contributed by atoms with Crippen LogP contribution in [0, 0.1) is 0 Å². The highest BCUT2D eigenvalue weighted by Gasteiger charge is 2.04. The minimum absolute atomic E-state index is 0.420. The van der Waals surface area contributed by atoms with Crippen molar-refractivity contribution in [2.45, 2.75) is 20.0 Å². The molecule has 0 aliphatic heterocycles. The first-order chi connectivity index (χ1) is 9.69. The number of hydrogen-bond donors (Lipinski definition) is 1. The monoisotopic (exact) mass is 310 g/mol. The minimum atomic E-state index is 0.420. The Bertz CT molecular complexity index is 576. The fourth-order valence-corrected chi connectivity index (χ4v) is 2.00. The van der Waals surface area contributed by atoms with Crippen LogP contribution >= 0.6 is 23.2 Å². The molecule has 0 fully saturated rings. The predicted molar refractivity (Wildman–Crippen MR) is 83.8 cm³/mol. The van der Waals surface area contributed by atoms with Crippen molar-refractivity contribution in [3.8, 4) is 5.75 Å². The number of hydrogen-bond acceptors (Lipinski definition) is 3. The maximum atomic E-state index is 6.05. The van der Waals surface area contributed by atoms with Gasteiger partial charge >= 0.3 is 0 Å². The van der Waals surface area contributed by atoms with Gasteiger partial charge in [-0.3, -0.25) is 0 Å². The van der Waals surface area contributed by atoms with Gasteiger partial charge < -0.3 is 10.1 Å². The van der Waals surface area contributed by atoms with E-state index in [-0.39, 0.29) is 0 Å². The molecule has 1 aromatic heterocycles. The third-order valence-corrected chi connectivity index (χ3v) is 3.22. The topological polar surface area (TPSA) is 34.1 Å². The summed E-state index contributed by atoms with van der Waals surface area (Å²) in [5.41, 5.74) is 1.02. The summed E-state index contributed by atoms with van der Waals surface area (Å²) in [6.07, 6.45) is 2.82. The van der Waals surface area contributed by atoms with Crippen LogP contribution in [-0.4, -0.2) is 11.5 Å². The van der Waals surface area contributed by atoms with E-state index >= 15 is 0 Å². The lowest BCUT2D eigenvalue weighted by molar-refractivity contribution is 0.306. The van der Waals surface area contributed by atoms with E-state index in [0.29, 0.717) is 22.4 Å². The lowest BCUT2D eigenvalue weighted by atomic mass is 10.2. The summed E-state index contributed by atoms with van der Waals surface area (Å²) in [5, 5.41) is 4.39. The normalized spacial score (nSPS) is 10.3. The second kappa shape index (κ2) is 7.36. The predicted octanol–water partition coefficient (Wildman–Crippen LogP) is 4.79. The minimum Gasteiger partial charge on any atom is -0.487 e. The smallest absolute Gasteiger partial charge is 0.139 e. The van der Waals surface area contributed by atoms with E-state index in [9.17, 15) is 0 Å². The van der Waals surface area contributed by atoms with Gasteiger partial charge in [0.25, 0.3) is 0 Å². The van der Waals surface area contributed by atoms with Crippen LogP contribution in [0.25, 0.3) is 0 Å². The molecule has 0 saturated heterocycles. The van der Waals surface area contributed by atoms with Crippen LogP contribution < -0.4 is 10.1 Å². The van der Waals surface area contributed by atoms with Gasteiger partial charge in [-0.05, 0) is 36.2 Å². The molecule has 3 nitrogen and oxygen atoms in total. The number of rotatable bonds is 6. The van der Waals surface area contributed by atoms with E-state index in [1.165, 1.54) is 0 Å². The molecule has 0 unspecified atom stereocenters. The Hall–Kier alpha value is -1.45. The standard InChI is InChI=1S/C15H16Cl2N2O/c1-2-6-18-15-8-11(5-7-19-15)10-20-14-9-12(16)3-4-13(14)17/h3-5,7-9H,2,6,10H2,1H3,(H,18,19). The highest BCUT2D eigenvalue weighted by Crippen LogP contribution is 2.28. The highest BCUT2D eigenvalue weighted by molar-refractivity contribution is 6.34. The molecule has 0 aliphatic rings. The van der Waals surface area contributed by atoms with Gasteiger partial charge in [0.1, 0.15) is 18.2 Å². The van der Waals surface area contributed by atoms with Crippen molar-refractivity contribution >= 4 is 29.0 Å². The number of ether oxygens (including phenoxy) is 1. The van der Waals surface area contributed by atoms with Crippen LogP contribution in [-0.2, 0) is 6.61 Å². The average Bonchev–Trinajstić information content (AvgIpc) is 2.46. The first-order valence-corrected chi connectivity index (χ1v) is 7.21. The van der Waals surface area contributed by atoms with E-state index in [1.54, 1.807) is 24.4 Å². The summed E-state index contributed by atoms with van der Waals surface area (Å²) in [5.74, 6) is 1.43. The number of halogens is 2. The van der Waals surface area contributed by atoms with Gasteiger partial charge in [-0.1, -0.05) is 30.1 Å². The fraction of sp³-hybridized carbons (Fsp3) is 0.267. The molecule has 0 spiro atoms. The van der Waals surface area contributed by atoms with Gasteiger partial charge in [-0.25, -0.2) is 4.98 Å². The summed E-state index contributed by atoms with van der Waals surface area (Å²) >= 11 is 12.0. The van der Waals surface area contributed by atoms with Crippen molar-refractivity contribution in [3.63, 3.8) is 0 Å². The molecule has 0 aliphatic carbocycles. The Morgan fingerprint density at radius 2 is 2.05 bits per heavy atom. The van der Waals surface area contributed by atoms with Gasteiger partial charge in [0.05, 0.1) is 5.02 Å². The molecule has 0 radical (unpaired) electrons. The molecular weight excluding hydrogens is 295 g/mol. The third kappa shape index (κ3) is 4.29. The first-order valence-electron chi connectivity index (χ1n) is 6.45. The summed E-state index contributed by atoms with van der Waals surface area (Å²) in [6.45, 7) is 3.43. The molecule has 106 valence electrons.